The van der Waals surface area contributed by atoms with Crippen LogP contribution >= 0.6 is 0 Å². The number of hydrogen-bond donors (Lipinski definition) is 0. The van der Waals surface area contributed by atoms with E-state index >= 15 is 0 Å². The zero-order chi connectivity index (χ0) is 24.1. The van der Waals surface area contributed by atoms with Gasteiger partial charge < -0.3 is 0 Å². The van der Waals surface area contributed by atoms with Crippen molar-refractivity contribution in [3.63, 3.8) is 0 Å². The average Bonchev–Trinajstić information content (AvgIpc) is 3.13. The van der Waals surface area contributed by atoms with Crippen LogP contribution in [0, 0.1) is 0 Å². The Balaban J connectivity index is 1.84. The van der Waals surface area contributed by atoms with Gasteiger partial charge in [-0.3, -0.25) is 0 Å². The van der Waals surface area contributed by atoms with Gasteiger partial charge in [0.25, 0.3) is 0 Å². The van der Waals surface area contributed by atoms with Crippen LogP contribution in [0.5, 0.6) is 0 Å². The summed E-state index contributed by atoms with van der Waals surface area (Å²) in [4.78, 5) is 0. The van der Waals surface area contributed by atoms with Crippen LogP contribution < -0.4 is 3.58 Å². The fourth-order valence-corrected chi connectivity index (χ4v) is 11.4. The molecule has 0 fully saturated rings. The molecule has 1 aliphatic rings. The minimum absolute atomic E-state index is 0.272. The summed E-state index contributed by atoms with van der Waals surface area (Å²) in [5.41, 5.74) is 6.77. The van der Waals surface area contributed by atoms with Crippen molar-refractivity contribution in [3.05, 3.63) is 53.6 Å². The molecule has 0 aromatic heterocycles. The maximum absolute atomic E-state index is 2.73. The first-order valence-electron chi connectivity index (χ1n) is 15.0. The molecule has 34 heavy (non-hydrogen) atoms. The molecule has 0 bridgehead atoms. The third-order valence-electron chi connectivity index (χ3n) is 8.32. The number of benzene rings is 2. The Hall–Kier alpha value is -0.761. The summed E-state index contributed by atoms with van der Waals surface area (Å²) in [6.45, 7) is 6.99. The molecule has 0 nitrogen and oxygen atoms in total. The second kappa shape index (κ2) is 15.4. The molecule has 0 N–H and O–H groups in total. The van der Waals surface area contributed by atoms with Gasteiger partial charge in [0.05, 0.1) is 0 Å². The van der Waals surface area contributed by atoms with Crippen molar-refractivity contribution in [3.8, 4) is 11.1 Å². The molecule has 1 aliphatic carbocycles. The van der Waals surface area contributed by atoms with Crippen LogP contribution in [0.1, 0.15) is 135 Å². The molecule has 0 radical (unpaired) electrons. The molecule has 0 unspecified atom stereocenters. The summed E-state index contributed by atoms with van der Waals surface area (Å²) in [6.07, 6.45) is 22.3. The van der Waals surface area contributed by atoms with Crippen LogP contribution in [0.2, 0.25) is 4.44 Å². The van der Waals surface area contributed by atoms with Gasteiger partial charge in [0.2, 0.25) is 0 Å². The van der Waals surface area contributed by atoms with Gasteiger partial charge in [-0.15, -0.1) is 0 Å². The van der Waals surface area contributed by atoms with E-state index in [9.17, 15) is 0 Å². The van der Waals surface area contributed by atoms with E-state index in [1.165, 1.54) is 107 Å². The molecule has 3 rings (SSSR count). The third kappa shape index (κ3) is 7.37. The average molecular weight is 567 g/mol. The Labute approximate surface area is 221 Å². The monoisotopic (exact) mass is 568 g/mol. The summed E-state index contributed by atoms with van der Waals surface area (Å²) in [7, 11) is 0. The first kappa shape index (κ1) is 27.8. The van der Waals surface area contributed by atoms with E-state index in [4.69, 9.17) is 0 Å². The van der Waals surface area contributed by atoms with Gasteiger partial charge in [-0.05, 0) is 0 Å². The molecular formula is C33H52Sn. The van der Waals surface area contributed by atoms with Crippen molar-refractivity contribution in [1.29, 1.82) is 0 Å². The summed E-state index contributed by atoms with van der Waals surface area (Å²) >= 11 is -0.848. The predicted octanol–water partition coefficient (Wildman–Crippen LogP) is 9.47. The maximum atomic E-state index is 2.73. The molecule has 2 aromatic carbocycles. The Kier molecular flexibility index (Phi) is 12.6. The fourth-order valence-electron chi connectivity index (χ4n) is 6.32. The van der Waals surface area contributed by atoms with E-state index in [0.29, 0.717) is 0 Å². The second-order valence-electron chi connectivity index (χ2n) is 11.0. The molecule has 0 saturated heterocycles. The van der Waals surface area contributed by atoms with E-state index in [0.717, 1.165) is 0 Å². The second-order valence-corrected chi connectivity index (χ2v) is 16.8. The number of rotatable bonds is 18. The van der Waals surface area contributed by atoms with Gasteiger partial charge in [-0.1, -0.05) is 0 Å². The van der Waals surface area contributed by atoms with Crippen molar-refractivity contribution >= 4 is 24.7 Å². The van der Waals surface area contributed by atoms with Gasteiger partial charge in [0, 0.05) is 0 Å². The fraction of sp³-hybridized carbons (Fsp3) is 0.636. The number of fused-ring (bicyclic) bond motifs is 3. The quantitative estimate of drug-likeness (QED) is 0.124. The Morgan fingerprint density at radius 2 is 1.12 bits per heavy atom. The Bertz CT molecular complexity index is 820. The molecule has 0 heterocycles. The van der Waals surface area contributed by atoms with E-state index in [2.05, 4.69) is 63.2 Å². The summed E-state index contributed by atoms with van der Waals surface area (Å²) in [6, 6.07) is 17.3. The molecule has 0 spiro atoms. The molecule has 0 aliphatic heterocycles. The zero-order valence-corrected chi connectivity index (χ0v) is 26.8. The van der Waals surface area contributed by atoms with Crippen LogP contribution in [-0.4, -0.2) is 21.1 Å². The van der Waals surface area contributed by atoms with E-state index in [1.807, 2.05) is 0 Å². The van der Waals surface area contributed by atoms with Crippen molar-refractivity contribution in [2.45, 2.75) is 133 Å². The number of unbranched alkanes of at least 4 members (excludes halogenated alkanes) is 11. The minimum atomic E-state index is -0.848. The first-order valence-corrected chi connectivity index (χ1v) is 19.9. The summed E-state index contributed by atoms with van der Waals surface area (Å²) < 4.78 is 3.31. The van der Waals surface area contributed by atoms with Crippen molar-refractivity contribution < 1.29 is 0 Å². The number of hydrogen-bond acceptors (Lipinski definition) is 0. The standard InChI is InChI=1S/C29H41.C4H9.Sn.2H/c1-3-5-7-9-11-17-23-29(24-18-12-10-8-6-4-2)27-21-15-13-19-25(27)26-20-14-16-22-28(26)29;1-3-4-2;;;/h13-15,19-22H,3-12,17-18,23-24H2,1-2H3;1,3-4H2,2H3;;;. The van der Waals surface area contributed by atoms with Gasteiger partial charge in [-0.2, -0.15) is 0 Å². The Morgan fingerprint density at radius 1 is 0.559 bits per heavy atom. The molecule has 0 atom stereocenters. The van der Waals surface area contributed by atoms with Gasteiger partial charge in [0.15, 0.2) is 0 Å². The molecular weight excluding hydrogens is 515 g/mol. The molecule has 0 saturated carbocycles. The van der Waals surface area contributed by atoms with E-state index < -0.39 is 21.1 Å². The molecule has 2 aromatic rings. The van der Waals surface area contributed by atoms with E-state index in [-0.39, 0.29) is 5.41 Å². The third-order valence-corrected chi connectivity index (χ3v) is 13.7. The Morgan fingerprint density at radius 3 is 1.76 bits per heavy atom. The van der Waals surface area contributed by atoms with Crippen LogP contribution in [0.15, 0.2) is 42.5 Å². The van der Waals surface area contributed by atoms with Gasteiger partial charge in [-0.25, -0.2) is 0 Å². The molecule has 188 valence electrons. The summed E-state index contributed by atoms with van der Waals surface area (Å²) in [5.74, 6) is 0. The molecule has 1 heteroatoms. The van der Waals surface area contributed by atoms with Crippen LogP contribution in [0.25, 0.3) is 11.1 Å². The van der Waals surface area contributed by atoms with Crippen LogP contribution in [0.3, 0.4) is 0 Å². The summed E-state index contributed by atoms with van der Waals surface area (Å²) in [5, 5.41) is 0. The topological polar surface area (TPSA) is 0 Å². The van der Waals surface area contributed by atoms with Crippen molar-refractivity contribution in [1.82, 2.24) is 0 Å². The van der Waals surface area contributed by atoms with Gasteiger partial charge >= 0.3 is 223 Å². The van der Waals surface area contributed by atoms with Crippen LogP contribution in [0.4, 0.5) is 0 Å². The normalized spacial score (nSPS) is 14.1. The van der Waals surface area contributed by atoms with E-state index in [1.54, 1.807) is 25.8 Å². The van der Waals surface area contributed by atoms with Gasteiger partial charge in [0.1, 0.15) is 0 Å². The molecule has 0 amide bonds. The van der Waals surface area contributed by atoms with Crippen molar-refractivity contribution in [2.24, 2.45) is 0 Å². The SMILES string of the molecule is CCCCCCCCC1(CCCCCCCC)c2ccccc2-c2cc[c]([SnH2][CH2]CCC)cc21. The van der Waals surface area contributed by atoms with Crippen molar-refractivity contribution in [2.75, 3.05) is 0 Å². The first-order chi connectivity index (χ1) is 16.8. The van der Waals surface area contributed by atoms with Crippen LogP contribution in [-0.2, 0) is 5.41 Å². The predicted molar refractivity (Wildman–Crippen MR) is 157 cm³/mol. The zero-order valence-electron chi connectivity index (χ0n) is 22.8.